The van der Waals surface area contributed by atoms with Crippen LogP contribution in [0.25, 0.3) is 33.7 Å². The molecule has 32 heavy (non-hydrogen) atoms. The number of aromatic nitrogens is 4. The molecular formula is C23H23ClN4O4. The van der Waals surface area contributed by atoms with E-state index < -0.39 is 0 Å². The van der Waals surface area contributed by atoms with E-state index >= 15 is 0 Å². The molecular weight excluding hydrogens is 432 g/mol. The molecule has 3 aromatic heterocycles. The van der Waals surface area contributed by atoms with Gasteiger partial charge in [-0.1, -0.05) is 28.9 Å². The van der Waals surface area contributed by atoms with Gasteiger partial charge in [0.25, 0.3) is 5.89 Å². The highest BCUT2D eigenvalue weighted by molar-refractivity contribution is 6.32. The minimum absolute atomic E-state index is 0.0362. The monoisotopic (exact) mass is 454 g/mol. The van der Waals surface area contributed by atoms with Crippen molar-refractivity contribution in [2.75, 3.05) is 6.61 Å². The SMILES string of the molecule is CCOC(=O)CCn1ccc2c(-c3noc(-c4cnc(OC(C)C)c(Cl)c4)n3)cccc21. The summed E-state index contributed by atoms with van der Waals surface area (Å²) < 4.78 is 18.1. The third-order valence-corrected chi connectivity index (χ3v) is 5.02. The summed E-state index contributed by atoms with van der Waals surface area (Å²) in [7, 11) is 0. The van der Waals surface area contributed by atoms with E-state index in [0.29, 0.717) is 47.8 Å². The second-order valence-corrected chi connectivity index (χ2v) is 7.81. The van der Waals surface area contributed by atoms with E-state index in [1.54, 1.807) is 19.2 Å². The van der Waals surface area contributed by atoms with Crippen LogP contribution in [-0.4, -0.2) is 38.4 Å². The molecule has 0 aliphatic carbocycles. The lowest BCUT2D eigenvalue weighted by Gasteiger charge is -2.09. The molecule has 0 atom stereocenters. The number of fused-ring (bicyclic) bond motifs is 1. The fraction of sp³-hybridized carbons (Fsp3) is 0.304. The van der Waals surface area contributed by atoms with Gasteiger partial charge in [0.1, 0.15) is 5.02 Å². The van der Waals surface area contributed by atoms with Crippen LogP contribution < -0.4 is 4.74 Å². The summed E-state index contributed by atoms with van der Waals surface area (Å²) in [5.74, 6) is 0.904. The zero-order valence-corrected chi connectivity index (χ0v) is 18.8. The zero-order chi connectivity index (χ0) is 22.7. The molecule has 8 nitrogen and oxygen atoms in total. The molecule has 0 saturated heterocycles. The van der Waals surface area contributed by atoms with Crippen molar-refractivity contribution in [2.24, 2.45) is 0 Å². The van der Waals surface area contributed by atoms with Crippen molar-refractivity contribution >= 4 is 28.5 Å². The van der Waals surface area contributed by atoms with E-state index in [4.69, 9.17) is 25.6 Å². The standard InChI is InChI=1S/C23H23ClN4O4/c1-4-30-20(29)9-11-28-10-8-16-17(6-5-7-19(16)28)21-26-22(32-27-21)15-12-18(24)23(25-13-15)31-14(2)3/h5-8,10,12-14H,4,9,11H2,1-3H3. The number of esters is 1. The number of hydrogen-bond donors (Lipinski definition) is 0. The first-order valence-electron chi connectivity index (χ1n) is 10.4. The third kappa shape index (κ3) is 4.60. The van der Waals surface area contributed by atoms with E-state index in [1.165, 1.54) is 0 Å². The maximum atomic E-state index is 11.7. The van der Waals surface area contributed by atoms with Gasteiger partial charge in [-0.3, -0.25) is 4.79 Å². The lowest BCUT2D eigenvalue weighted by Crippen LogP contribution is -2.08. The Morgan fingerprint density at radius 1 is 1.28 bits per heavy atom. The Bertz CT molecular complexity index is 1250. The number of aryl methyl sites for hydroxylation is 1. The average Bonchev–Trinajstić information content (AvgIpc) is 3.41. The highest BCUT2D eigenvalue weighted by atomic mass is 35.5. The van der Waals surface area contributed by atoms with Gasteiger partial charge < -0.3 is 18.6 Å². The number of carbonyl (C=O) groups excluding carboxylic acids is 1. The molecule has 4 aromatic rings. The molecule has 0 aliphatic rings. The number of benzene rings is 1. The van der Waals surface area contributed by atoms with Gasteiger partial charge in [0.2, 0.25) is 11.7 Å². The first-order chi connectivity index (χ1) is 15.5. The summed E-state index contributed by atoms with van der Waals surface area (Å²) in [6.07, 6.45) is 3.79. The third-order valence-electron chi connectivity index (χ3n) is 4.74. The van der Waals surface area contributed by atoms with Crippen molar-refractivity contribution in [3.8, 4) is 28.7 Å². The lowest BCUT2D eigenvalue weighted by molar-refractivity contribution is -0.143. The van der Waals surface area contributed by atoms with E-state index in [1.807, 2.05) is 48.9 Å². The molecule has 9 heteroatoms. The van der Waals surface area contributed by atoms with Crippen molar-refractivity contribution < 1.29 is 18.8 Å². The zero-order valence-electron chi connectivity index (χ0n) is 18.0. The van der Waals surface area contributed by atoms with Gasteiger partial charge in [-0.15, -0.1) is 0 Å². The van der Waals surface area contributed by atoms with Gasteiger partial charge >= 0.3 is 5.97 Å². The maximum Gasteiger partial charge on any atom is 0.307 e. The number of halogens is 1. The van der Waals surface area contributed by atoms with E-state index in [-0.39, 0.29) is 12.1 Å². The van der Waals surface area contributed by atoms with E-state index in [9.17, 15) is 4.79 Å². The minimum Gasteiger partial charge on any atom is -0.474 e. The summed E-state index contributed by atoms with van der Waals surface area (Å²) in [6.45, 7) is 6.51. The van der Waals surface area contributed by atoms with E-state index in [2.05, 4.69) is 15.1 Å². The number of nitrogens with zero attached hydrogens (tertiary/aromatic N) is 4. The van der Waals surface area contributed by atoms with Crippen LogP contribution in [-0.2, 0) is 16.1 Å². The quantitative estimate of drug-likeness (QED) is 0.340. The topological polar surface area (TPSA) is 92.3 Å². The fourth-order valence-corrected chi connectivity index (χ4v) is 3.57. The van der Waals surface area contributed by atoms with Crippen molar-refractivity contribution in [3.63, 3.8) is 0 Å². The summed E-state index contributed by atoms with van der Waals surface area (Å²) in [5.41, 5.74) is 2.40. The predicted octanol–water partition coefficient (Wildman–Crippen LogP) is 5.15. The highest BCUT2D eigenvalue weighted by Gasteiger charge is 2.17. The van der Waals surface area contributed by atoms with Crippen LogP contribution in [0.5, 0.6) is 5.88 Å². The smallest absolute Gasteiger partial charge is 0.307 e. The Balaban J connectivity index is 1.60. The molecule has 0 fully saturated rings. The van der Waals surface area contributed by atoms with Gasteiger partial charge in [0, 0.05) is 35.4 Å². The van der Waals surface area contributed by atoms with Crippen molar-refractivity contribution in [3.05, 3.63) is 47.7 Å². The fourth-order valence-electron chi connectivity index (χ4n) is 3.36. The molecule has 0 saturated carbocycles. The van der Waals surface area contributed by atoms with Crippen LogP contribution >= 0.6 is 11.6 Å². The van der Waals surface area contributed by atoms with Crippen molar-refractivity contribution in [2.45, 2.75) is 39.8 Å². The summed E-state index contributed by atoms with van der Waals surface area (Å²) in [5, 5.41) is 5.48. The van der Waals surface area contributed by atoms with E-state index in [0.717, 1.165) is 16.5 Å². The summed E-state index contributed by atoms with van der Waals surface area (Å²) in [4.78, 5) is 20.5. The van der Waals surface area contributed by atoms with Crippen molar-refractivity contribution in [1.29, 1.82) is 0 Å². The number of carbonyl (C=O) groups is 1. The summed E-state index contributed by atoms with van der Waals surface area (Å²) in [6, 6.07) is 9.50. The van der Waals surface area contributed by atoms with Gasteiger partial charge in [0.15, 0.2) is 0 Å². The Morgan fingerprint density at radius 2 is 2.12 bits per heavy atom. The molecule has 0 spiro atoms. The van der Waals surface area contributed by atoms with Gasteiger partial charge in [0.05, 0.1) is 24.7 Å². The molecule has 0 bridgehead atoms. The molecule has 1 aromatic carbocycles. The number of hydrogen-bond acceptors (Lipinski definition) is 7. The lowest BCUT2D eigenvalue weighted by atomic mass is 10.1. The van der Waals surface area contributed by atoms with Crippen LogP contribution in [0, 0.1) is 0 Å². The van der Waals surface area contributed by atoms with Gasteiger partial charge in [-0.25, -0.2) is 4.98 Å². The summed E-state index contributed by atoms with van der Waals surface area (Å²) >= 11 is 6.29. The normalized spacial score (nSPS) is 11.3. The van der Waals surface area contributed by atoms with Crippen LogP contribution in [0.2, 0.25) is 5.02 Å². The van der Waals surface area contributed by atoms with Gasteiger partial charge in [-0.05, 0) is 39.0 Å². The Kier molecular flexibility index (Phi) is 6.41. The first-order valence-corrected chi connectivity index (χ1v) is 10.7. The molecule has 0 radical (unpaired) electrons. The van der Waals surface area contributed by atoms with Crippen LogP contribution in [0.3, 0.4) is 0 Å². The predicted molar refractivity (Wildman–Crippen MR) is 120 cm³/mol. The Labute approximate surface area is 190 Å². The maximum absolute atomic E-state index is 11.7. The Hall–Kier alpha value is -3.39. The second-order valence-electron chi connectivity index (χ2n) is 7.40. The average molecular weight is 455 g/mol. The second kappa shape index (κ2) is 9.40. The first kappa shape index (κ1) is 21.8. The molecule has 3 heterocycles. The molecule has 0 unspecified atom stereocenters. The minimum atomic E-state index is -0.217. The highest BCUT2D eigenvalue weighted by Crippen LogP contribution is 2.31. The number of rotatable bonds is 8. The van der Waals surface area contributed by atoms with Crippen molar-refractivity contribution in [1.82, 2.24) is 19.7 Å². The molecule has 0 aliphatic heterocycles. The van der Waals surface area contributed by atoms with Crippen LogP contribution in [0.4, 0.5) is 0 Å². The molecule has 0 N–H and O–H groups in total. The molecule has 4 rings (SSSR count). The molecule has 0 amide bonds. The number of ether oxygens (including phenoxy) is 2. The van der Waals surface area contributed by atoms with Crippen LogP contribution in [0.1, 0.15) is 27.2 Å². The van der Waals surface area contributed by atoms with Gasteiger partial charge in [-0.2, -0.15) is 4.98 Å². The largest absolute Gasteiger partial charge is 0.474 e. The Morgan fingerprint density at radius 3 is 2.88 bits per heavy atom. The molecule has 166 valence electrons. The van der Waals surface area contributed by atoms with Crippen LogP contribution in [0.15, 0.2) is 47.2 Å². The number of pyridine rings is 1.